The highest BCUT2D eigenvalue weighted by molar-refractivity contribution is 6.27. The molecule has 5 nitrogen and oxygen atoms in total. The van der Waals surface area contributed by atoms with Crippen molar-refractivity contribution in [3.63, 3.8) is 0 Å². The van der Waals surface area contributed by atoms with Crippen LogP contribution >= 0.6 is 0 Å². The van der Waals surface area contributed by atoms with Gasteiger partial charge in [-0.25, -0.2) is 9.98 Å². The quantitative estimate of drug-likeness (QED) is 0.0987. The Balaban J connectivity index is 0.951. The average Bonchev–Trinajstić information content (AvgIpc) is 4.04. The molecule has 300 valence electrons. The molecule has 64 heavy (non-hydrogen) atoms. The summed E-state index contributed by atoms with van der Waals surface area (Å²) in [5.74, 6) is 0.546. The van der Waals surface area contributed by atoms with Crippen molar-refractivity contribution in [1.29, 1.82) is 0 Å². The van der Waals surface area contributed by atoms with E-state index in [2.05, 4.69) is 141 Å². The molecule has 0 bridgehead atoms. The molecule has 13 aromatic rings. The Morgan fingerprint density at radius 2 is 0.812 bits per heavy atom. The second kappa shape index (κ2) is 14.0. The molecule has 10 aromatic carbocycles. The maximum Gasteiger partial charge on any atom is 0.160 e. The van der Waals surface area contributed by atoms with E-state index in [4.69, 9.17) is 23.2 Å². The van der Waals surface area contributed by atoms with Gasteiger partial charge in [0, 0.05) is 49.2 Å². The van der Waals surface area contributed by atoms with Crippen LogP contribution in [-0.2, 0) is 0 Å². The van der Waals surface area contributed by atoms with Crippen molar-refractivity contribution >= 4 is 115 Å². The molecular weight excluding hydrogens is 785 g/mol. The van der Waals surface area contributed by atoms with Crippen LogP contribution in [0.1, 0.15) is 23.6 Å². The maximum atomic E-state index is 6.39. The topological polar surface area (TPSA) is 64.1 Å². The molecular formula is C59H36N2O3. The highest BCUT2D eigenvalue weighted by atomic mass is 16.3. The fourth-order valence-electron chi connectivity index (χ4n) is 9.70. The van der Waals surface area contributed by atoms with Gasteiger partial charge in [0.1, 0.15) is 33.5 Å². The van der Waals surface area contributed by atoms with E-state index in [9.17, 15) is 0 Å². The number of fused-ring (bicyclic) bond motifs is 15. The van der Waals surface area contributed by atoms with E-state index in [1.807, 2.05) is 60.7 Å². The zero-order valence-corrected chi connectivity index (χ0v) is 34.7. The van der Waals surface area contributed by atoms with E-state index in [0.717, 1.165) is 99.3 Å². The lowest BCUT2D eigenvalue weighted by Gasteiger charge is -2.12. The maximum absolute atomic E-state index is 6.39. The average molecular weight is 821 g/mol. The molecule has 0 aliphatic rings. The number of para-hydroxylation sites is 2. The summed E-state index contributed by atoms with van der Waals surface area (Å²) in [4.78, 5) is 10.7. The van der Waals surface area contributed by atoms with Gasteiger partial charge >= 0.3 is 0 Å². The van der Waals surface area contributed by atoms with Crippen LogP contribution in [0.2, 0.25) is 0 Å². The number of furan rings is 3. The summed E-state index contributed by atoms with van der Waals surface area (Å²) in [5, 5.41) is 13.5. The third-order valence-electron chi connectivity index (χ3n) is 12.8. The Labute approximate surface area is 366 Å². The summed E-state index contributed by atoms with van der Waals surface area (Å²) < 4.78 is 18.9. The van der Waals surface area contributed by atoms with Crippen molar-refractivity contribution in [2.75, 3.05) is 0 Å². The van der Waals surface area contributed by atoms with Crippen LogP contribution in [0.25, 0.3) is 115 Å². The van der Waals surface area contributed by atoms with Gasteiger partial charge in [0.2, 0.25) is 0 Å². The van der Waals surface area contributed by atoms with Crippen LogP contribution in [0, 0.1) is 0 Å². The summed E-state index contributed by atoms with van der Waals surface area (Å²) in [6, 6.07) is 65.3. The third-order valence-corrected chi connectivity index (χ3v) is 12.8. The van der Waals surface area contributed by atoms with Gasteiger partial charge in [-0.1, -0.05) is 128 Å². The molecule has 0 N–H and O–H groups in total. The number of hydrogen-bond acceptors (Lipinski definition) is 4. The first-order valence-corrected chi connectivity index (χ1v) is 21.5. The Morgan fingerprint density at radius 3 is 1.48 bits per heavy atom. The van der Waals surface area contributed by atoms with Gasteiger partial charge in [-0.05, 0) is 123 Å². The molecule has 0 saturated carbocycles. The summed E-state index contributed by atoms with van der Waals surface area (Å²) in [5.41, 5.74) is 11.3. The fourth-order valence-corrected chi connectivity index (χ4v) is 9.70. The van der Waals surface area contributed by atoms with Crippen molar-refractivity contribution in [2.45, 2.75) is 6.92 Å². The smallest absolute Gasteiger partial charge is 0.160 e. The second-order valence-electron chi connectivity index (χ2n) is 16.5. The van der Waals surface area contributed by atoms with E-state index in [1.54, 1.807) is 0 Å². The summed E-state index contributed by atoms with van der Waals surface area (Å²) in [6.45, 7) is 6.63. The monoisotopic (exact) mass is 820 g/mol. The summed E-state index contributed by atoms with van der Waals surface area (Å²) in [6.07, 6.45) is 0. The molecule has 0 atom stereocenters. The van der Waals surface area contributed by atoms with Crippen molar-refractivity contribution in [2.24, 2.45) is 9.98 Å². The van der Waals surface area contributed by atoms with Gasteiger partial charge in [0.05, 0.1) is 5.70 Å². The Kier molecular flexibility index (Phi) is 7.90. The molecule has 0 radical (unpaired) electrons. The number of hydrogen-bond donors (Lipinski definition) is 0. The minimum absolute atomic E-state index is 0.546. The first-order valence-electron chi connectivity index (χ1n) is 21.5. The molecule has 13 rings (SSSR count). The first-order chi connectivity index (χ1) is 31.5. The van der Waals surface area contributed by atoms with Crippen LogP contribution < -0.4 is 0 Å². The minimum atomic E-state index is 0.546. The van der Waals surface area contributed by atoms with Gasteiger partial charge < -0.3 is 13.3 Å². The zero-order valence-electron chi connectivity index (χ0n) is 34.7. The van der Waals surface area contributed by atoms with Gasteiger partial charge in [0.25, 0.3) is 0 Å². The summed E-state index contributed by atoms with van der Waals surface area (Å²) in [7, 11) is 0. The first kappa shape index (κ1) is 36.1. The molecule has 5 heteroatoms. The van der Waals surface area contributed by atoms with Gasteiger partial charge in [-0.15, -0.1) is 0 Å². The van der Waals surface area contributed by atoms with Crippen LogP contribution in [0.4, 0.5) is 0 Å². The number of rotatable bonds is 5. The van der Waals surface area contributed by atoms with E-state index >= 15 is 0 Å². The fraction of sp³-hybridized carbons (Fsp3) is 0.0169. The largest absolute Gasteiger partial charge is 0.456 e. The van der Waals surface area contributed by atoms with Crippen molar-refractivity contribution in [3.8, 4) is 11.1 Å². The lowest BCUT2D eigenvalue weighted by Crippen LogP contribution is -2.05. The predicted molar refractivity (Wildman–Crippen MR) is 267 cm³/mol. The molecule has 0 unspecified atom stereocenters. The standard InChI is InChI=1S/C59H36N2O3/c1-34(36-22-26-44-42-14-4-3-12-40(42)41-13-5-6-15-43(41)48(44)30-36)60-59(47-18-11-21-57-58(47)46-17-8-10-20-53(46)64-57)61-35(2)37-23-27-55-50(31-37)51-33-39(25-29-56(51)63-55)38-24-28-54-49(32-38)45-16-7-9-19-52(45)62-54/h3-33H,2H2,1H3. The zero-order chi connectivity index (χ0) is 42.5. The normalized spacial score (nSPS) is 12.7. The van der Waals surface area contributed by atoms with Gasteiger partial charge in [0.15, 0.2) is 5.84 Å². The van der Waals surface area contributed by atoms with Crippen LogP contribution in [-0.4, -0.2) is 11.5 Å². The number of nitrogens with zero attached hydrogens (tertiary/aromatic N) is 2. The SMILES string of the molecule is C=C(N=C(N=C(C)c1ccc2c3ccccc3c3ccccc3c2c1)c1cccc2oc3ccccc3c12)c1ccc2oc3ccc(-c4ccc5oc6ccccc6c5c4)cc3c2c1. The molecule has 0 amide bonds. The highest BCUT2D eigenvalue weighted by Gasteiger charge is 2.18. The lowest BCUT2D eigenvalue weighted by atomic mass is 9.93. The third kappa shape index (κ3) is 5.64. The van der Waals surface area contributed by atoms with E-state index < -0.39 is 0 Å². The van der Waals surface area contributed by atoms with Crippen molar-refractivity contribution < 1.29 is 13.3 Å². The molecule has 0 aliphatic carbocycles. The van der Waals surface area contributed by atoms with Gasteiger partial charge in [-0.3, -0.25) is 0 Å². The second-order valence-corrected chi connectivity index (χ2v) is 16.5. The van der Waals surface area contributed by atoms with E-state index in [-0.39, 0.29) is 0 Å². The van der Waals surface area contributed by atoms with Crippen LogP contribution in [0.15, 0.2) is 218 Å². The molecule has 3 heterocycles. The van der Waals surface area contributed by atoms with Crippen molar-refractivity contribution in [1.82, 2.24) is 0 Å². The number of aliphatic imine (C=N–C) groups is 2. The molecule has 3 aromatic heterocycles. The van der Waals surface area contributed by atoms with Crippen molar-refractivity contribution in [3.05, 3.63) is 211 Å². The number of benzene rings is 10. The number of amidine groups is 1. The van der Waals surface area contributed by atoms with E-state index in [1.165, 1.54) is 32.3 Å². The Morgan fingerprint density at radius 1 is 0.359 bits per heavy atom. The van der Waals surface area contributed by atoms with Crippen LogP contribution in [0.5, 0.6) is 0 Å². The predicted octanol–water partition coefficient (Wildman–Crippen LogP) is 16.4. The Bertz CT molecular complexity index is 4140. The molecule has 0 fully saturated rings. The highest BCUT2D eigenvalue weighted by Crippen LogP contribution is 2.39. The van der Waals surface area contributed by atoms with E-state index in [0.29, 0.717) is 11.5 Å². The summed E-state index contributed by atoms with van der Waals surface area (Å²) >= 11 is 0. The molecule has 0 aliphatic heterocycles. The Hall–Kier alpha value is -8.54. The lowest BCUT2D eigenvalue weighted by molar-refractivity contribution is 0.668. The minimum Gasteiger partial charge on any atom is -0.456 e. The molecule has 0 saturated heterocycles. The van der Waals surface area contributed by atoms with Crippen LogP contribution in [0.3, 0.4) is 0 Å². The van der Waals surface area contributed by atoms with Gasteiger partial charge in [-0.2, -0.15) is 0 Å². The molecule has 0 spiro atoms.